The predicted molar refractivity (Wildman–Crippen MR) is 84.3 cm³/mol. The maximum Gasteiger partial charge on any atom is 0.263 e. The van der Waals surface area contributed by atoms with E-state index < -0.39 is 6.10 Å². The van der Waals surface area contributed by atoms with E-state index in [0.29, 0.717) is 23.9 Å². The van der Waals surface area contributed by atoms with Crippen molar-refractivity contribution < 1.29 is 14.3 Å². The average Bonchev–Trinajstić information content (AvgIpc) is 2.92. The molecule has 22 heavy (non-hydrogen) atoms. The van der Waals surface area contributed by atoms with Crippen molar-refractivity contribution in [1.82, 2.24) is 9.80 Å². The average molecular weight is 325 g/mol. The van der Waals surface area contributed by atoms with Crippen LogP contribution in [0.5, 0.6) is 5.75 Å². The summed E-state index contributed by atoms with van der Waals surface area (Å²) in [4.78, 5) is 16.7. The molecular weight excluding hydrogens is 304 g/mol. The van der Waals surface area contributed by atoms with Gasteiger partial charge in [0.25, 0.3) is 5.91 Å². The van der Waals surface area contributed by atoms with Gasteiger partial charge in [0.15, 0.2) is 6.10 Å². The second-order valence-electron chi connectivity index (χ2n) is 5.92. The summed E-state index contributed by atoms with van der Waals surface area (Å²) < 4.78 is 11.5. The molecule has 6 heteroatoms. The zero-order valence-electron chi connectivity index (χ0n) is 12.9. The minimum atomic E-state index is -0.538. The van der Waals surface area contributed by atoms with Crippen molar-refractivity contribution in [3.63, 3.8) is 0 Å². The molecule has 2 aliphatic rings. The highest BCUT2D eigenvalue weighted by Gasteiger charge is 2.41. The first-order valence-corrected chi connectivity index (χ1v) is 7.95. The van der Waals surface area contributed by atoms with E-state index in [4.69, 9.17) is 21.1 Å². The van der Waals surface area contributed by atoms with E-state index in [0.717, 1.165) is 13.2 Å². The quantitative estimate of drug-likeness (QED) is 0.848. The van der Waals surface area contributed by atoms with E-state index in [1.165, 1.54) is 0 Å². The van der Waals surface area contributed by atoms with Gasteiger partial charge in [-0.2, -0.15) is 0 Å². The van der Waals surface area contributed by atoms with Crippen LogP contribution >= 0.6 is 11.6 Å². The number of hydrogen-bond acceptors (Lipinski definition) is 4. The maximum absolute atomic E-state index is 12.6. The summed E-state index contributed by atoms with van der Waals surface area (Å²) in [5.74, 6) is 0.602. The van der Waals surface area contributed by atoms with Crippen LogP contribution in [0.2, 0.25) is 5.02 Å². The predicted octanol–water partition coefficient (Wildman–Crippen LogP) is 1.65. The maximum atomic E-state index is 12.6. The number of likely N-dealkylation sites (N-methyl/N-ethyl adjacent to an activating group) is 1. The highest BCUT2D eigenvalue weighted by Crippen LogP contribution is 2.23. The number of carbonyl (C=O) groups excluding carboxylic acids is 1. The number of benzene rings is 1. The zero-order chi connectivity index (χ0) is 15.7. The van der Waals surface area contributed by atoms with Crippen molar-refractivity contribution in [3.8, 4) is 5.75 Å². The zero-order valence-corrected chi connectivity index (χ0v) is 13.6. The molecule has 0 spiro atoms. The standard InChI is InChI=1S/C16H21ClN2O3/c1-11(22-13-5-3-4-12(17)8-13)16(20)19-9-14-15(10-19)21-7-6-18(14)2/h3-5,8,11,14-15H,6-7,9-10H2,1-2H3/t11-,14+,15+/m0/s1. The van der Waals surface area contributed by atoms with Crippen LogP contribution in [0.1, 0.15) is 6.92 Å². The Bertz CT molecular complexity index is 554. The van der Waals surface area contributed by atoms with Crippen LogP contribution < -0.4 is 4.74 Å². The minimum absolute atomic E-state index is 0.00799. The van der Waals surface area contributed by atoms with Gasteiger partial charge >= 0.3 is 0 Å². The van der Waals surface area contributed by atoms with Crippen LogP contribution in [0.15, 0.2) is 24.3 Å². The van der Waals surface area contributed by atoms with Crippen LogP contribution in [0.25, 0.3) is 0 Å². The number of halogens is 1. The molecule has 2 aliphatic heterocycles. The molecule has 0 bridgehead atoms. The van der Waals surface area contributed by atoms with Crippen molar-refractivity contribution in [1.29, 1.82) is 0 Å². The van der Waals surface area contributed by atoms with Crippen molar-refractivity contribution in [2.24, 2.45) is 0 Å². The van der Waals surface area contributed by atoms with Crippen LogP contribution in [-0.4, -0.2) is 67.2 Å². The van der Waals surface area contributed by atoms with E-state index in [2.05, 4.69) is 11.9 Å². The molecule has 3 rings (SSSR count). The second-order valence-corrected chi connectivity index (χ2v) is 6.35. The number of likely N-dealkylation sites (tertiary alicyclic amines) is 1. The Morgan fingerprint density at radius 1 is 1.45 bits per heavy atom. The molecule has 0 unspecified atom stereocenters. The van der Waals surface area contributed by atoms with Crippen molar-refractivity contribution in [2.75, 3.05) is 33.3 Å². The summed E-state index contributed by atoms with van der Waals surface area (Å²) >= 11 is 5.94. The lowest BCUT2D eigenvalue weighted by molar-refractivity contribution is -0.137. The number of carbonyl (C=O) groups is 1. The third-order valence-electron chi connectivity index (χ3n) is 4.35. The smallest absolute Gasteiger partial charge is 0.263 e. The number of hydrogen-bond donors (Lipinski definition) is 0. The number of morpholine rings is 1. The summed E-state index contributed by atoms with van der Waals surface area (Å²) in [5.41, 5.74) is 0. The van der Waals surface area contributed by atoms with E-state index in [9.17, 15) is 4.79 Å². The highest BCUT2D eigenvalue weighted by atomic mass is 35.5. The molecule has 0 aliphatic carbocycles. The second kappa shape index (κ2) is 6.44. The first-order chi connectivity index (χ1) is 10.5. The van der Waals surface area contributed by atoms with Gasteiger partial charge in [0.05, 0.1) is 18.8 Å². The number of amides is 1. The van der Waals surface area contributed by atoms with Crippen LogP contribution in [-0.2, 0) is 9.53 Å². The van der Waals surface area contributed by atoms with E-state index in [1.807, 2.05) is 11.0 Å². The van der Waals surface area contributed by atoms with Crippen LogP contribution in [0.3, 0.4) is 0 Å². The lowest BCUT2D eigenvalue weighted by atomic mass is 10.1. The van der Waals surface area contributed by atoms with Crippen LogP contribution in [0, 0.1) is 0 Å². The van der Waals surface area contributed by atoms with Gasteiger partial charge in [0.2, 0.25) is 0 Å². The Balaban J connectivity index is 1.61. The topological polar surface area (TPSA) is 42.0 Å². The molecule has 2 saturated heterocycles. The highest BCUT2D eigenvalue weighted by molar-refractivity contribution is 6.30. The Hall–Kier alpha value is -1.30. The number of fused-ring (bicyclic) bond motifs is 1. The molecule has 3 atom stereocenters. The van der Waals surface area contributed by atoms with E-state index >= 15 is 0 Å². The summed E-state index contributed by atoms with van der Waals surface area (Å²) in [6.45, 7) is 4.75. The van der Waals surface area contributed by atoms with Gasteiger partial charge in [0.1, 0.15) is 5.75 Å². The lowest BCUT2D eigenvalue weighted by Gasteiger charge is -2.33. The lowest BCUT2D eigenvalue weighted by Crippen LogP contribution is -2.48. The molecule has 2 heterocycles. The molecule has 0 aromatic heterocycles. The fraction of sp³-hybridized carbons (Fsp3) is 0.562. The van der Waals surface area contributed by atoms with Crippen molar-refractivity contribution in [2.45, 2.75) is 25.2 Å². The fourth-order valence-corrected chi connectivity index (χ4v) is 3.27. The van der Waals surface area contributed by atoms with Crippen molar-refractivity contribution in [3.05, 3.63) is 29.3 Å². The summed E-state index contributed by atoms with van der Waals surface area (Å²) in [6.07, 6.45) is -0.426. The molecule has 1 aromatic rings. The van der Waals surface area contributed by atoms with Gasteiger partial charge in [0, 0.05) is 24.7 Å². The first kappa shape index (κ1) is 15.6. The minimum Gasteiger partial charge on any atom is -0.481 e. The first-order valence-electron chi connectivity index (χ1n) is 7.57. The molecule has 120 valence electrons. The Labute approximate surface area is 135 Å². The van der Waals surface area contributed by atoms with E-state index in [-0.39, 0.29) is 18.1 Å². The Morgan fingerprint density at radius 3 is 3.00 bits per heavy atom. The Kier molecular flexibility index (Phi) is 4.57. The summed E-state index contributed by atoms with van der Waals surface area (Å²) in [7, 11) is 2.08. The van der Waals surface area contributed by atoms with Gasteiger partial charge < -0.3 is 14.4 Å². The molecule has 1 amide bonds. The van der Waals surface area contributed by atoms with Gasteiger partial charge in [-0.25, -0.2) is 0 Å². The SMILES string of the molecule is C[C@H](Oc1cccc(Cl)c1)C(=O)N1C[C@@H]2[C@@H](C1)OCCN2C. The molecule has 5 nitrogen and oxygen atoms in total. The third-order valence-corrected chi connectivity index (χ3v) is 4.58. The van der Waals surface area contributed by atoms with Gasteiger partial charge in [-0.3, -0.25) is 9.69 Å². The normalized spacial score (nSPS) is 26.6. The van der Waals surface area contributed by atoms with E-state index in [1.54, 1.807) is 25.1 Å². The largest absolute Gasteiger partial charge is 0.481 e. The van der Waals surface area contributed by atoms with Gasteiger partial charge in [-0.1, -0.05) is 17.7 Å². The number of ether oxygens (including phenoxy) is 2. The monoisotopic (exact) mass is 324 g/mol. The number of rotatable bonds is 3. The molecule has 0 N–H and O–H groups in total. The molecule has 2 fully saturated rings. The van der Waals surface area contributed by atoms with Gasteiger partial charge in [-0.05, 0) is 32.2 Å². The van der Waals surface area contributed by atoms with Crippen molar-refractivity contribution >= 4 is 17.5 Å². The third kappa shape index (κ3) is 3.21. The summed E-state index contributed by atoms with van der Waals surface area (Å²) in [6, 6.07) is 7.39. The Morgan fingerprint density at radius 2 is 2.27 bits per heavy atom. The fourth-order valence-electron chi connectivity index (χ4n) is 3.09. The summed E-state index contributed by atoms with van der Waals surface area (Å²) in [5, 5.41) is 0.597. The van der Waals surface area contributed by atoms with Crippen LogP contribution in [0.4, 0.5) is 0 Å². The molecule has 0 saturated carbocycles. The molecule has 0 radical (unpaired) electrons. The number of nitrogens with zero attached hydrogens (tertiary/aromatic N) is 2. The molecule has 1 aromatic carbocycles. The van der Waals surface area contributed by atoms with Gasteiger partial charge in [-0.15, -0.1) is 0 Å². The molecular formula is C16H21ClN2O3.